The Morgan fingerprint density at radius 1 is 1.52 bits per heavy atom. The molecule has 1 aliphatic rings. The molecule has 0 aliphatic heterocycles. The Hall–Kier alpha value is -1.61. The number of aliphatic carboxylic acids is 1. The summed E-state index contributed by atoms with van der Waals surface area (Å²) in [7, 11) is -4.14. The number of rotatable bonds is 4. The Labute approximate surface area is 125 Å². The van der Waals surface area contributed by atoms with Crippen molar-refractivity contribution in [2.75, 3.05) is 0 Å². The summed E-state index contributed by atoms with van der Waals surface area (Å²) in [6.45, 7) is 0. The molecular weight excluding hydrogens is 320 g/mol. The minimum atomic E-state index is -4.14. The van der Waals surface area contributed by atoms with Crippen molar-refractivity contribution < 1.29 is 22.7 Å². The number of primary sulfonamides is 1. The van der Waals surface area contributed by atoms with E-state index in [-0.39, 0.29) is 11.5 Å². The lowest BCUT2D eigenvalue weighted by atomic mass is 9.78. The van der Waals surface area contributed by atoms with Crippen molar-refractivity contribution in [3.8, 4) is 0 Å². The van der Waals surface area contributed by atoms with Gasteiger partial charge in [0.2, 0.25) is 10.0 Å². The highest BCUT2D eigenvalue weighted by molar-refractivity contribution is 7.93. The molecule has 2 atom stereocenters. The third kappa shape index (κ3) is 3.18. The van der Waals surface area contributed by atoms with Crippen LogP contribution in [-0.2, 0) is 21.2 Å². The van der Waals surface area contributed by atoms with E-state index in [0.717, 1.165) is 6.08 Å². The summed E-state index contributed by atoms with van der Waals surface area (Å²) in [6.07, 6.45) is 3.62. The van der Waals surface area contributed by atoms with Crippen LogP contribution in [0.15, 0.2) is 44.9 Å². The number of allylic oxidation sites excluding steroid dienone is 1. The van der Waals surface area contributed by atoms with Gasteiger partial charge in [-0.15, -0.1) is 0 Å². The van der Waals surface area contributed by atoms with Crippen LogP contribution in [0.1, 0.15) is 5.76 Å². The van der Waals surface area contributed by atoms with Crippen molar-refractivity contribution in [2.45, 2.75) is 12.0 Å². The second-order valence-corrected chi connectivity index (χ2v) is 6.69. The maximum absolute atomic E-state index is 11.4. The molecule has 0 radical (unpaired) electrons. The van der Waals surface area contributed by atoms with Gasteiger partial charge < -0.3 is 15.3 Å². The zero-order chi connectivity index (χ0) is 15.8. The molecule has 9 heteroatoms. The lowest BCUT2D eigenvalue weighted by Gasteiger charge is -2.33. The first-order valence-electron chi connectivity index (χ1n) is 5.81. The minimum Gasteiger partial charge on any atom is -0.481 e. The van der Waals surface area contributed by atoms with Crippen LogP contribution < -0.4 is 10.9 Å². The van der Waals surface area contributed by atoms with E-state index in [0.29, 0.717) is 5.76 Å². The third-order valence-corrected chi connectivity index (χ3v) is 4.55. The number of halogens is 1. The molecule has 1 heterocycles. The van der Waals surface area contributed by atoms with Crippen molar-refractivity contribution in [3.05, 3.63) is 46.2 Å². The van der Waals surface area contributed by atoms with Gasteiger partial charge in [0.1, 0.15) is 5.76 Å². The number of nitrogens with two attached hydrogens (primary N) is 2. The molecule has 0 amide bonds. The Morgan fingerprint density at radius 2 is 2.19 bits per heavy atom. The Balaban J connectivity index is 2.48. The molecule has 2 unspecified atom stereocenters. The van der Waals surface area contributed by atoms with E-state index >= 15 is 0 Å². The predicted molar refractivity (Wildman–Crippen MR) is 75.6 cm³/mol. The SMILES string of the molecule is NC1(Cc2ccco2)C=C(Cl)C(S(N)(=O)=O)=CC1C(=O)O. The van der Waals surface area contributed by atoms with Crippen LogP contribution in [0.25, 0.3) is 0 Å². The zero-order valence-corrected chi connectivity index (χ0v) is 12.3. The molecule has 7 nitrogen and oxygen atoms in total. The van der Waals surface area contributed by atoms with Gasteiger partial charge in [0.25, 0.3) is 0 Å². The van der Waals surface area contributed by atoms with Gasteiger partial charge in [0.15, 0.2) is 0 Å². The lowest BCUT2D eigenvalue weighted by molar-refractivity contribution is -0.141. The number of hydrogen-bond donors (Lipinski definition) is 3. The van der Waals surface area contributed by atoms with Gasteiger partial charge in [0.05, 0.1) is 27.7 Å². The van der Waals surface area contributed by atoms with E-state index in [4.69, 9.17) is 26.9 Å². The molecule has 0 saturated heterocycles. The molecular formula is C12H13ClN2O5S. The van der Waals surface area contributed by atoms with Gasteiger partial charge in [-0.3, -0.25) is 4.79 Å². The molecule has 0 bridgehead atoms. The van der Waals surface area contributed by atoms with Crippen LogP contribution in [-0.4, -0.2) is 25.0 Å². The molecule has 1 aromatic rings. The third-order valence-electron chi connectivity index (χ3n) is 3.16. The van der Waals surface area contributed by atoms with E-state index in [9.17, 15) is 18.3 Å². The second kappa shape index (κ2) is 5.30. The summed E-state index contributed by atoms with van der Waals surface area (Å²) < 4.78 is 28.0. The molecule has 0 spiro atoms. The Morgan fingerprint density at radius 3 is 2.67 bits per heavy atom. The maximum Gasteiger partial charge on any atom is 0.312 e. The van der Waals surface area contributed by atoms with Crippen molar-refractivity contribution in [3.63, 3.8) is 0 Å². The number of carbonyl (C=O) groups is 1. The fourth-order valence-electron chi connectivity index (χ4n) is 2.19. The smallest absolute Gasteiger partial charge is 0.312 e. The van der Waals surface area contributed by atoms with Crippen LogP contribution in [0.4, 0.5) is 0 Å². The largest absolute Gasteiger partial charge is 0.481 e. The summed E-state index contributed by atoms with van der Waals surface area (Å²) in [5, 5.41) is 14.1. The van der Waals surface area contributed by atoms with Gasteiger partial charge in [-0.25, -0.2) is 13.6 Å². The standard InChI is InChI=1S/C12H13ClN2O5S/c13-9-6-12(14,5-7-2-1-3-20-7)8(11(16)17)4-10(9)21(15,18)19/h1-4,6,8H,5,14H2,(H,16,17)(H2,15,18,19). The Bertz CT molecular complexity index is 723. The highest BCUT2D eigenvalue weighted by Crippen LogP contribution is 2.35. The van der Waals surface area contributed by atoms with Gasteiger partial charge in [0, 0.05) is 6.42 Å². The monoisotopic (exact) mass is 332 g/mol. The quantitative estimate of drug-likeness (QED) is 0.735. The molecule has 114 valence electrons. The molecule has 2 rings (SSSR count). The molecule has 0 aromatic carbocycles. The highest BCUT2D eigenvalue weighted by atomic mass is 35.5. The van der Waals surface area contributed by atoms with Crippen LogP contribution in [0.3, 0.4) is 0 Å². The summed E-state index contributed by atoms with van der Waals surface area (Å²) in [6, 6.07) is 3.27. The topological polar surface area (TPSA) is 137 Å². The second-order valence-electron chi connectivity index (χ2n) is 4.75. The van der Waals surface area contributed by atoms with Crippen LogP contribution in [0.2, 0.25) is 0 Å². The maximum atomic E-state index is 11.4. The molecule has 5 N–H and O–H groups in total. The number of hydrogen-bond acceptors (Lipinski definition) is 5. The van der Waals surface area contributed by atoms with E-state index in [2.05, 4.69) is 0 Å². The summed E-state index contributed by atoms with van der Waals surface area (Å²) >= 11 is 5.89. The van der Waals surface area contributed by atoms with Crippen LogP contribution in [0.5, 0.6) is 0 Å². The van der Waals surface area contributed by atoms with Gasteiger partial charge >= 0.3 is 5.97 Å². The number of carboxylic acids is 1. The fourth-order valence-corrected chi connectivity index (χ4v) is 3.44. The van der Waals surface area contributed by atoms with Crippen LogP contribution >= 0.6 is 11.6 Å². The number of carboxylic acid groups (broad SMARTS) is 1. The van der Waals surface area contributed by atoms with Crippen molar-refractivity contribution in [1.82, 2.24) is 0 Å². The van der Waals surface area contributed by atoms with Crippen molar-refractivity contribution in [1.29, 1.82) is 0 Å². The normalized spacial score (nSPS) is 26.1. The fraction of sp³-hybridized carbons (Fsp3) is 0.250. The van der Waals surface area contributed by atoms with E-state index in [1.807, 2.05) is 0 Å². The van der Waals surface area contributed by atoms with Crippen molar-refractivity contribution in [2.24, 2.45) is 16.8 Å². The van der Waals surface area contributed by atoms with E-state index in [1.165, 1.54) is 12.3 Å². The first-order chi connectivity index (χ1) is 9.63. The summed E-state index contributed by atoms with van der Waals surface area (Å²) in [4.78, 5) is 11.0. The van der Waals surface area contributed by atoms with Crippen LogP contribution in [0, 0.1) is 5.92 Å². The van der Waals surface area contributed by atoms with E-state index < -0.39 is 32.4 Å². The van der Waals surface area contributed by atoms with Gasteiger partial charge in [-0.1, -0.05) is 11.6 Å². The summed E-state index contributed by atoms with van der Waals surface area (Å²) in [5.74, 6) is -2.14. The molecule has 21 heavy (non-hydrogen) atoms. The van der Waals surface area contributed by atoms with Gasteiger partial charge in [-0.05, 0) is 24.3 Å². The first-order valence-corrected chi connectivity index (χ1v) is 7.73. The predicted octanol–water partition coefficient (Wildman–Crippen LogP) is 0.529. The van der Waals surface area contributed by atoms with E-state index in [1.54, 1.807) is 12.1 Å². The minimum absolute atomic E-state index is 0.0432. The zero-order valence-electron chi connectivity index (χ0n) is 10.7. The van der Waals surface area contributed by atoms with Crippen molar-refractivity contribution >= 4 is 27.6 Å². The number of sulfonamides is 1. The molecule has 1 aliphatic carbocycles. The molecule has 0 saturated carbocycles. The molecule has 0 fully saturated rings. The Kier molecular flexibility index (Phi) is 3.98. The lowest BCUT2D eigenvalue weighted by Crippen LogP contribution is -2.51. The van der Waals surface area contributed by atoms with Gasteiger partial charge in [-0.2, -0.15) is 0 Å². The first kappa shape index (κ1) is 15.8. The number of furan rings is 1. The highest BCUT2D eigenvalue weighted by Gasteiger charge is 2.43. The molecule has 1 aromatic heterocycles. The summed E-state index contributed by atoms with van der Waals surface area (Å²) in [5.41, 5.74) is 4.69. The average Bonchev–Trinajstić information content (AvgIpc) is 2.78. The average molecular weight is 333 g/mol.